The molecular weight excluding hydrogens is 288 g/mol. The number of halogens is 1. The molecule has 92 valence electrons. The number of hydrogen-bond donors (Lipinski definition) is 0. The van der Waals surface area contributed by atoms with Crippen LogP contribution >= 0.6 is 15.9 Å². The van der Waals surface area contributed by atoms with Crippen LogP contribution in [0.3, 0.4) is 0 Å². The second-order valence-electron chi connectivity index (χ2n) is 4.62. The summed E-state index contributed by atoms with van der Waals surface area (Å²) in [4.78, 5) is 6.99. The Hall–Kier alpha value is -1.35. The Balaban J connectivity index is 2.05. The highest BCUT2D eigenvalue weighted by Crippen LogP contribution is 2.32. The lowest BCUT2D eigenvalue weighted by Gasteiger charge is -2.30. The first kappa shape index (κ1) is 11.7. The highest BCUT2D eigenvalue weighted by Gasteiger charge is 2.18. The maximum Gasteiger partial charge on any atom is 0.133 e. The zero-order valence-electron chi connectivity index (χ0n) is 10.4. The predicted molar refractivity (Wildman–Crippen MR) is 78.4 cm³/mol. The summed E-state index contributed by atoms with van der Waals surface area (Å²) in [5, 5.41) is 0. The van der Waals surface area contributed by atoms with Crippen molar-refractivity contribution in [1.82, 2.24) is 4.98 Å². The van der Waals surface area contributed by atoms with Crippen molar-refractivity contribution in [2.45, 2.75) is 19.8 Å². The van der Waals surface area contributed by atoms with Crippen LogP contribution in [0, 0.1) is 6.92 Å². The number of hydrogen-bond acceptors (Lipinski definition) is 2. The summed E-state index contributed by atoms with van der Waals surface area (Å²) in [6, 6.07) is 12.8. The molecule has 0 saturated carbocycles. The van der Waals surface area contributed by atoms with Gasteiger partial charge >= 0.3 is 0 Å². The molecule has 0 bridgehead atoms. The summed E-state index contributed by atoms with van der Waals surface area (Å²) < 4.78 is 1.07. The summed E-state index contributed by atoms with van der Waals surface area (Å²) in [5.41, 5.74) is 3.76. The second kappa shape index (κ2) is 4.73. The highest BCUT2D eigenvalue weighted by atomic mass is 79.9. The highest BCUT2D eigenvalue weighted by molar-refractivity contribution is 9.10. The standard InChI is InChI=1S/C15H15BrN2/c1-11-13(16)8-9-15(17-11)18-10-4-6-12-5-2-3-7-14(12)18/h2-3,5,7-9H,4,6,10H2,1H3. The van der Waals surface area contributed by atoms with Gasteiger partial charge in [-0.25, -0.2) is 4.98 Å². The molecule has 3 rings (SSSR count). The van der Waals surface area contributed by atoms with Crippen molar-refractivity contribution in [2.75, 3.05) is 11.4 Å². The summed E-state index contributed by atoms with van der Waals surface area (Å²) >= 11 is 3.50. The minimum atomic E-state index is 1.04. The van der Waals surface area contributed by atoms with E-state index < -0.39 is 0 Å². The number of nitrogens with zero attached hydrogens (tertiary/aromatic N) is 2. The summed E-state index contributed by atoms with van der Waals surface area (Å²) in [5.74, 6) is 1.04. The van der Waals surface area contributed by atoms with E-state index in [1.54, 1.807) is 0 Å². The van der Waals surface area contributed by atoms with Crippen LogP contribution in [0.25, 0.3) is 0 Å². The van der Waals surface area contributed by atoms with E-state index in [1.165, 1.54) is 24.1 Å². The molecule has 0 N–H and O–H groups in total. The van der Waals surface area contributed by atoms with Crippen LogP contribution in [0.1, 0.15) is 17.7 Å². The van der Waals surface area contributed by atoms with Crippen LogP contribution in [-0.2, 0) is 6.42 Å². The summed E-state index contributed by atoms with van der Waals surface area (Å²) in [6.07, 6.45) is 2.36. The van der Waals surface area contributed by atoms with Crippen molar-refractivity contribution in [1.29, 1.82) is 0 Å². The molecule has 0 aliphatic carbocycles. The number of pyridine rings is 1. The molecule has 1 aliphatic heterocycles. The zero-order valence-corrected chi connectivity index (χ0v) is 11.9. The lowest BCUT2D eigenvalue weighted by Crippen LogP contribution is -2.25. The van der Waals surface area contributed by atoms with Gasteiger partial charge in [-0.2, -0.15) is 0 Å². The van der Waals surface area contributed by atoms with Crippen molar-refractivity contribution < 1.29 is 0 Å². The minimum Gasteiger partial charge on any atom is -0.326 e. The van der Waals surface area contributed by atoms with Gasteiger partial charge in [0.05, 0.1) is 5.69 Å². The fourth-order valence-corrected chi connectivity index (χ4v) is 2.67. The van der Waals surface area contributed by atoms with Crippen LogP contribution in [0.15, 0.2) is 40.9 Å². The first-order chi connectivity index (χ1) is 8.75. The van der Waals surface area contributed by atoms with Crippen LogP contribution in [-0.4, -0.2) is 11.5 Å². The summed E-state index contributed by atoms with van der Waals surface area (Å²) in [6.45, 7) is 3.08. The van der Waals surface area contributed by atoms with Crippen molar-refractivity contribution >= 4 is 27.4 Å². The first-order valence-electron chi connectivity index (χ1n) is 6.24. The van der Waals surface area contributed by atoms with E-state index in [9.17, 15) is 0 Å². The Morgan fingerprint density at radius 1 is 1.17 bits per heavy atom. The average molecular weight is 303 g/mol. The quantitative estimate of drug-likeness (QED) is 0.783. The Bertz CT molecular complexity index is 580. The molecule has 2 aromatic rings. The Kier molecular flexibility index (Phi) is 3.08. The molecule has 18 heavy (non-hydrogen) atoms. The van der Waals surface area contributed by atoms with E-state index in [0.717, 1.165) is 22.5 Å². The number of aryl methyl sites for hydroxylation is 2. The fraction of sp³-hybridized carbons (Fsp3) is 0.267. The zero-order chi connectivity index (χ0) is 12.5. The monoisotopic (exact) mass is 302 g/mol. The van der Waals surface area contributed by atoms with Gasteiger partial charge < -0.3 is 4.90 Å². The van der Waals surface area contributed by atoms with Crippen molar-refractivity contribution in [3.63, 3.8) is 0 Å². The van der Waals surface area contributed by atoms with E-state index in [4.69, 9.17) is 0 Å². The van der Waals surface area contributed by atoms with Gasteiger partial charge in [0.2, 0.25) is 0 Å². The van der Waals surface area contributed by atoms with Gasteiger partial charge in [-0.1, -0.05) is 18.2 Å². The minimum absolute atomic E-state index is 1.04. The van der Waals surface area contributed by atoms with Crippen LogP contribution < -0.4 is 4.90 Å². The second-order valence-corrected chi connectivity index (χ2v) is 5.47. The van der Waals surface area contributed by atoms with Gasteiger partial charge in [0.1, 0.15) is 5.82 Å². The molecule has 2 heterocycles. The molecular formula is C15H15BrN2. The number of rotatable bonds is 1. The maximum absolute atomic E-state index is 4.67. The molecule has 0 atom stereocenters. The Labute approximate surface area is 116 Å². The lowest BCUT2D eigenvalue weighted by atomic mass is 10.0. The van der Waals surface area contributed by atoms with Gasteiger partial charge in [0, 0.05) is 16.7 Å². The van der Waals surface area contributed by atoms with E-state index >= 15 is 0 Å². The van der Waals surface area contributed by atoms with Gasteiger partial charge in [-0.3, -0.25) is 0 Å². The van der Waals surface area contributed by atoms with Gasteiger partial charge in [-0.15, -0.1) is 0 Å². The average Bonchev–Trinajstić information content (AvgIpc) is 2.41. The lowest BCUT2D eigenvalue weighted by molar-refractivity contribution is 0.758. The maximum atomic E-state index is 4.67. The predicted octanol–water partition coefficient (Wildman–Crippen LogP) is 4.24. The van der Waals surface area contributed by atoms with Crippen molar-refractivity contribution in [3.8, 4) is 0 Å². The molecule has 0 unspecified atom stereocenters. The molecule has 0 amide bonds. The third-order valence-electron chi connectivity index (χ3n) is 3.39. The molecule has 0 spiro atoms. The topological polar surface area (TPSA) is 16.1 Å². The number of fused-ring (bicyclic) bond motifs is 1. The van der Waals surface area contributed by atoms with Gasteiger partial charge in [0.15, 0.2) is 0 Å². The van der Waals surface area contributed by atoms with E-state index in [-0.39, 0.29) is 0 Å². The molecule has 1 aromatic carbocycles. The molecule has 0 fully saturated rings. The van der Waals surface area contributed by atoms with Crippen LogP contribution in [0.4, 0.5) is 11.5 Å². The largest absolute Gasteiger partial charge is 0.326 e. The smallest absolute Gasteiger partial charge is 0.133 e. The number of anilines is 2. The van der Waals surface area contributed by atoms with E-state index in [2.05, 4.69) is 62.2 Å². The molecule has 3 heteroatoms. The number of para-hydroxylation sites is 1. The third-order valence-corrected chi connectivity index (χ3v) is 4.23. The van der Waals surface area contributed by atoms with Gasteiger partial charge in [0.25, 0.3) is 0 Å². The van der Waals surface area contributed by atoms with Crippen LogP contribution in [0.2, 0.25) is 0 Å². The first-order valence-corrected chi connectivity index (χ1v) is 7.03. The molecule has 1 aromatic heterocycles. The Morgan fingerprint density at radius 3 is 2.83 bits per heavy atom. The number of benzene rings is 1. The van der Waals surface area contributed by atoms with E-state index in [1.807, 2.05) is 6.92 Å². The SMILES string of the molecule is Cc1nc(N2CCCc3ccccc32)ccc1Br. The number of aromatic nitrogens is 1. The van der Waals surface area contributed by atoms with Crippen molar-refractivity contribution in [2.24, 2.45) is 0 Å². The molecule has 0 saturated heterocycles. The van der Waals surface area contributed by atoms with E-state index in [0.29, 0.717) is 0 Å². The Morgan fingerprint density at radius 2 is 2.00 bits per heavy atom. The molecule has 1 aliphatic rings. The fourth-order valence-electron chi connectivity index (χ4n) is 2.45. The van der Waals surface area contributed by atoms with Crippen molar-refractivity contribution in [3.05, 3.63) is 52.1 Å². The molecule has 2 nitrogen and oxygen atoms in total. The van der Waals surface area contributed by atoms with Crippen LogP contribution in [0.5, 0.6) is 0 Å². The molecule has 0 radical (unpaired) electrons. The third kappa shape index (κ3) is 2.03. The normalized spacial score (nSPS) is 14.4. The van der Waals surface area contributed by atoms with Gasteiger partial charge in [-0.05, 0) is 59.5 Å². The summed E-state index contributed by atoms with van der Waals surface area (Å²) in [7, 11) is 0.